The largest absolute Gasteiger partial charge is 0.322 e. The first-order chi connectivity index (χ1) is 6.71. The number of aromatic nitrogens is 2. The standard InChI is InChI=1S/C10H14BrN3/c11-9-8(10(12)4-5-10)13-7-3-1-2-6-14(7)9/h1-6,12H2. The first-order valence-electron chi connectivity index (χ1n) is 5.25. The van der Waals surface area contributed by atoms with Crippen LogP contribution in [0.1, 0.15) is 37.2 Å². The van der Waals surface area contributed by atoms with Crippen LogP contribution in [0.4, 0.5) is 0 Å². The number of nitrogens with two attached hydrogens (primary N) is 1. The van der Waals surface area contributed by atoms with Crippen LogP contribution in [0.3, 0.4) is 0 Å². The molecule has 1 aromatic rings. The van der Waals surface area contributed by atoms with Gasteiger partial charge in [0.2, 0.25) is 0 Å². The van der Waals surface area contributed by atoms with Gasteiger partial charge in [0.1, 0.15) is 10.4 Å². The van der Waals surface area contributed by atoms with Crippen molar-refractivity contribution in [3.63, 3.8) is 0 Å². The number of fused-ring (bicyclic) bond motifs is 1. The van der Waals surface area contributed by atoms with E-state index < -0.39 is 0 Å². The number of rotatable bonds is 1. The molecule has 2 heterocycles. The molecule has 1 aromatic heterocycles. The minimum Gasteiger partial charge on any atom is -0.322 e. The van der Waals surface area contributed by atoms with Crippen LogP contribution < -0.4 is 5.73 Å². The molecule has 3 nitrogen and oxygen atoms in total. The summed E-state index contributed by atoms with van der Waals surface area (Å²) in [4.78, 5) is 4.68. The normalized spacial score (nSPS) is 23.3. The topological polar surface area (TPSA) is 43.8 Å². The van der Waals surface area contributed by atoms with Crippen molar-refractivity contribution in [3.05, 3.63) is 16.1 Å². The van der Waals surface area contributed by atoms with E-state index in [0.29, 0.717) is 0 Å². The maximum absolute atomic E-state index is 6.17. The fraction of sp³-hybridized carbons (Fsp3) is 0.700. The fourth-order valence-corrected chi connectivity index (χ4v) is 3.00. The molecular weight excluding hydrogens is 242 g/mol. The van der Waals surface area contributed by atoms with Gasteiger partial charge in [-0.05, 0) is 41.6 Å². The number of aryl methyl sites for hydroxylation is 1. The molecule has 1 aliphatic carbocycles. The van der Waals surface area contributed by atoms with Crippen LogP contribution in [-0.2, 0) is 18.5 Å². The van der Waals surface area contributed by atoms with Gasteiger partial charge in [0.15, 0.2) is 0 Å². The Kier molecular flexibility index (Phi) is 1.80. The maximum Gasteiger partial charge on any atom is 0.110 e. The zero-order valence-electron chi connectivity index (χ0n) is 8.09. The van der Waals surface area contributed by atoms with E-state index >= 15 is 0 Å². The summed E-state index contributed by atoms with van der Waals surface area (Å²) in [6, 6.07) is 0. The van der Waals surface area contributed by atoms with Gasteiger partial charge in [-0.2, -0.15) is 0 Å². The van der Waals surface area contributed by atoms with E-state index in [-0.39, 0.29) is 5.54 Å². The van der Waals surface area contributed by atoms with E-state index in [0.717, 1.165) is 36.1 Å². The fourth-order valence-electron chi connectivity index (χ4n) is 2.14. The molecule has 0 radical (unpaired) electrons. The Bertz CT molecular complexity index is 379. The molecule has 1 fully saturated rings. The van der Waals surface area contributed by atoms with Crippen molar-refractivity contribution in [1.82, 2.24) is 9.55 Å². The van der Waals surface area contributed by atoms with Crippen molar-refractivity contribution >= 4 is 15.9 Å². The van der Waals surface area contributed by atoms with Crippen molar-refractivity contribution in [2.24, 2.45) is 5.73 Å². The molecule has 0 spiro atoms. The summed E-state index contributed by atoms with van der Waals surface area (Å²) >= 11 is 3.63. The first kappa shape index (κ1) is 8.92. The van der Waals surface area contributed by atoms with Crippen LogP contribution in [0.5, 0.6) is 0 Å². The second-order valence-corrected chi connectivity index (χ2v) is 5.18. The molecule has 4 heteroatoms. The van der Waals surface area contributed by atoms with Crippen molar-refractivity contribution in [2.45, 2.75) is 44.2 Å². The van der Waals surface area contributed by atoms with Gasteiger partial charge in [0, 0.05) is 13.0 Å². The third kappa shape index (κ3) is 1.17. The molecule has 0 saturated heterocycles. The Morgan fingerprint density at radius 3 is 2.79 bits per heavy atom. The van der Waals surface area contributed by atoms with Gasteiger partial charge in [0.05, 0.1) is 11.2 Å². The highest BCUT2D eigenvalue weighted by Crippen LogP contribution is 2.45. The molecule has 0 atom stereocenters. The van der Waals surface area contributed by atoms with Gasteiger partial charge in [-0.25, -0.2) is 4.98 Å². The molecule has 2 N–H and O–H groups in total. The summed E-state index contributed by atoms with van der Waals surface area (Å²) in [5.41, 5.74) is 7.16. The van der Waals surface area contributed by atoms with Crippen molar-refractivity contribution in [2.75, 3.05) is 0 Å². The van der Waals surface area contributed by atoms with Crippen molar-refractivity contribution in [3.8, 4) is 0 Å². The molecule has 0 unspecified atom stereocenters. The molecule has 1 saturated carbocycles. The lowest BCUT2D eigenvalue weighted by Crippen LogP contribution is -2.19. The van der Waals surface area contributed by atoms with Gasteiger partial charge in [-0.1, -0.05) is 0 Å². The highest BCUT2D eigenvalue weighted by molar-refractivity contribution is 9.10. The van der Waals surface area contributed by atoms with E-state index in [1.807, 2.05) is 0 Å². The van der Waals surface area contributed by atoms with E-state index in [1.165, 1.54) is 18.7 Å². The van der Waals surface area contributed by atoms with E-state index in [1.54, 1.807) is 0 Å². The predicted octanol–water partition coefficient (Wildman–Crippen LogP) is 1.93. The first-order valence-corrected chi connectivity index (χ1v) is 6.04. The lowest BCUT2D eigenvalue weighted by Gasteiger charge is -2.13. The van der Waals surface area contributed by atoms with Crippen LogP contribution in [0, 0.1) is 0 Å². The van der Waals surface area contributed by atoms with Crippen LogP contribution in [0.25, 0.3) is 0 Å². The second kappa shape index (κ2) is 2.83. The Labute approximate surface area is 91.8 Å². The molecule has 0 amide bonds. The molecule has 3 rings (SSSR count). The SMILES string of the molecule is NC1(c2nc3n(c2Br)CCCC3)CC1. The highest BCUT2D eigenvalue weighted by Gasteiger charge is 2.44. The number of imidazole rings is 1. The van der Waals surface area contributed by atoms with Crippen LogP contribution in [-0.4, -0.2) is 9.55 Å². The number of halogens is 1. The average molecular weight is 256 g/mol. The zero-order chi connectivity index (χ0) is 9.76. The Hall–Kier alpha value is -0.350. The minimum atomic E-state index is -0.108. The van der Waals surface area contributed by atoms with Crippen molar-refractivity contribution in [1.29, 1.82) is 0 Å². The summed E-state index contributed by atoms with van der Waals surface area (Å²) in [7, 11) is 0. The van der Waals surface area contributed by atoms with E-state index in [9.17, 15) is 0 Å². The third-order valence-electron chi connectivity index (χ3n) is 3.28. The van der Waals surface area contributed by atoms with Crippen LogP contribution in [0.2, 0.25) is 0 Å². The lowest BCUT2D eigenvalue weighted by molar-refractivity contribution is 0.516. The Morgan fingerprint density at radius 1 is 1.36 bits per heavy atom. The van der Waals surface area contributed by atoms with Crippen LogP contribution >= 0.6 is 15.9 Å². The van der Waals surface area contributed by atoms with Gasteiger partial charge in [0.25, 0.3) is 0 Å². The third-order valence-corrected chi connectivity index (χ3v) is 4.08. The number of nitrogens with zero attached hydrogens (tertiary/aromatic N) is 2. The monoisotopic (exact) mass is 255 g/mol. The average Bonchev–Trinajstić information content (AvgIpc) is 2.84. The van der Waals surface area contributed by atoms with Gasteiger partial charge in [-0.3, -0.25) is 0 Å². The molecule has 0 aromatic carbocycles. The Balaban J connectivity index is 2.09. The molecular formula is C10H14BrN3. The smallest absolute Gasteiger partial charge is 0.110 e. The minimum absolute atomic E-state index is 0.108. The van der Waals surface area contributed by atoms with E-state index in [4.69, 9.17) is 5.73 Å². The zero-order valence-corrected chi connectivity index (χ0v) is 9.68. The van der Waals surface area contributed by atoms with Gasteiger partial charge < -0.3 is 10.3 Å². The second-order valence-electron chi connectivity index (χ2n) is 4.43. The summed E-state index contributed by atoms with van der Waals surface area (Å²) in [5, 5.41) is 0. The maximum atomic E-state index is 6.17. The van der Waals surface area contributed by atoms with E-state index in [2.05, 4.69) is 25.5 Å². The molecule has 1 aliphatic heterocycles. The quantitative estimate of drug-likeness (QED) is 0.834. The summed E-state index contributed by atoms with van der Waals surface area (Å²) < 4.78 is 3.42. The molecule has 2 aliphatic rings. The number of hydrogen-bond acceptors (Lipinski definition) is 2. The lowest BCUT2D eigenvalue weighted by atomic mass is 10.2. The Morgan fingerprint density at radius 2 is 2.14 bits per heavy atom. The summed E-state index contributed by atoms with van der Waals surface area (Å²) in [5.74, 6) is 1.22. The molecule has 14 heavy (non-hydrogen) atoms. The predicted molar refractivity (Wildman–Crippen MR) is 58.0 cm³/mol. The summed E-state index contributed by atoms with van der Waals surface area (Å²) in [6.07, 6.45) is 5.80. The van der Waals surface area contributed by atoms with Crippen LogP contribution in [0.15, 0.2) is 4.60 Å². The van der Waals surface area contributed by atoms with Gasteiger partial charge in [-0.15, -0.1) is 0 Å². The summed E-state index contributed by atoms with van der Waals surface area (Å²) in [6.45, 7) is 1.10. The number of hydrogen-bond donors (Lipinski definition) is 1. The van der Waals surface area contributed by atoms with Gasteiger partial charge >= 0.3 is 0 Å². The molecule has 0 bridgehead atoms. The molecule has 76 valence electrons. The highest BCUT2D eigenvalue weighted by atomic mass is 79.9. The van der Waals surface area contributed by atoms with Crippen molar-refractivity contribution < 1.29 is 0 Å².